The highest BCUT2D eigenvalue weighted by Crippen LogP contribution is 2.30. The van der Waals surface area contributed by atoms with Gasteiger partial charge in [0.2, 0.25) is 0 Å². The summed E-state index contributed by atoms with van der Waals surface area (Å²) in [6.07, 6.45) is -3.69. The van der Waals surface area contributed by atoms with Gasteiger partial charge in [-0.1, -0.05) is 49.4 Å². The van der Waals surface area contributed by atoms with Crippen LogP contribution in [0.1, 0.15) is 37.0 Å². The minimum Gasteiger partial charge on any atom is -0.489 e. The minimum atomic E-state index is -4.42. The van der Waals surface area contributed by atoms with Crippen LogP contribution in [0.2, 0.25) is 0 Å². The van der Waals surface area contributed by atoms with E-state index < -0.39 is 11.7 Å². The van der Waals surface area contributed by atoms with Crippen molar-refractivity contribution in [2.24, 2.45) is 0 Å². The van der Waals surface area contributed by atoms with Crippen LogP contribution in [0.5, 0.6) is 5.75 Å². The second-order valence-corrected chi connectivity index (χ2v) is 7.81. The van der Waals surface area contributed by atoms with Crippen LogP contribution in [0, 0.1) is 0 Å². The maximum absolute atomic E-state index is 13.0. The van der Waals surface area contributed by atoms with Crippen molar-refractivity contribution in [3.63, 3.8) is 0 Å². The number of rotatable bonds is 8. The summed E-state index contributed by atoms with van der Waals surface area (Å²) in [5.74, 6) is 0.698. The highest BCUT2D eigenvalue weighted by Gasteiger charge is 2.30. The molecule has 33 heavy (non-hydrogen) atoms. The zero-order chi connectivity index (χ0) is 23.8. The van der Waals surface area contributed by atoms with E-state index in [1.54, 1.807) is 4.90 Å². The Balaban J connectivity index is 1.68. The Kier molecular flexibility index (Phi) is 7.98. The van der Waals surface area contributed by atoms with Gasteiger partial charge in [0.15, 0.2) is 0 Å². The van der Waals surface area contributed by atoms with Crippen molar-refractivity contribution >= 4 is 11.7 Å². The van der Waals surface area contributed by atoms with Crippen LogP contribution in [0.4, 0.5) is 23.7 Å². The van der Waals surface area contributed by atoms with E-state index in [1.807, 2.05) is 68.4 Å². The Morgan fingerprint density at radius 3 is 2.27 bits per heavy atom. The van der Waals surface area contributed by atoms with Gasteiger partial charge in [-0.25, -0.2) is 4.79 Å². The first-order chi connectivity index (χ1) is 15.8. The molecular formula is C26H27F3N2O2. The Bertz CT molecular complexity index is 1040. The van der Waals surface area contributed by atoms with Gasteiger partial charge in [0.25, 0.3) is 0 Å². The SMILES string of the molecule is CCC(C)N(Cc1cccc(OCc2ccccc2)c1)C(=O)Nc1ccc(C(F)(F)F)cc1. The van der Waals surface area contributed by atoms with E-state index in [4.69, 9.17) is 4.74 Å². The van der Waals surface area contributed by atoms with Crippen molar-refractivity contribution in [1.82, 2.24) is 4.90 Å². The lowest BCUT2D eigenvalue weighted by Gasteiger charge is -2.29. The second kappa shape index (κ2) is 10.9. The standard InChI is InChI=1S/C26H27F3N2O2/c1-3-19(2)31(25(32)30-23-14-12-22(13-15-23)26(27,28)29)17-21-10-7-11-24(16-21)33-18-20-8-5-4-6-9-20/h4-16,19H,3,17-18H2,1-2H3,(H,30,32). The quantitative estimate of drug-likeness (QED) is 0.392. The van der Waals surface area contributed by atoms with E-state index in [9.17, 15) is 18.0 Å². The van der Waals surface area contributed by atoms with Crippen molar-refractivity contribution in [2.45, 2.75) is 45.6 Å². The van der Waals surface area contributed by atoms with Crippen LogP contribution in [0.15, 0.2) is 78.9 Å². The largest absolute Gasteiger partial charge is 0.489 e. The molecule has 0 saturated heterocycles. The van der Waals surface area contributed by atoms with Crippen molar-refractivity contribution < 1.29 is 22.7 Å². The van der Waals surface area contributed by atoms with Gasteiger partial charge in [0, 0.05) is 18.3 Å². The van der Waals surface area contributed by atoms with Crippen LogP contribution in [-0.4, -0.2) is 17.0 Å². The molecule has 2 amide bonds. The first-order valence-electron chi connectivity index (χ1n) is 10.8. The fraction of sp³-hybridized carbons (Fsp3) is 0.269. The molecule has 0 fully saturated rings. The number of hydrogen-bond acceptors (Lipinski definition) is 2. The van der Waals surface area contributed by atoms with Crippen molar-refractivity contribution in [2.75, 3.05) is 5.32 Å². The number of halogens is 3. The summed E-state index contributed by atoms with van der Waals surface area (Å²) in [7, 11) is 0. The number of urea groups is 1. The third kappa shape index (κ3) is 7.00. The Morgan fingerprint density at radius 2 is 1.64 bits per heavy atom. The van der Waals surface area contributed by atoms with Gasteiger partial charge in [-0.3, -0.25) is 0 Å². The molecule has 0 saturated carbocycles. The van der Waals surface area contributed by atoms with E-state index in [0.29, 0.717) is 24.6 Å². The highest BCUT2D eigenvalue weighted by molar-refractivity contribution is 5.89. The van der Waals surface area contributed by atoms with Crippen molar-refractivity contribution in [1.29, 1.82) is 0 Å². The first-order valence-corrected chi connectivity index (χ1v) is 10.8. The van der Waals surface area contributed by atoms with E-state index >= 15 is 0 Å². The van der Waals surface area contributed by atoms with Gasteiger partial charge >= 0.3 is 12.2 Å². The van der Waals surface area contributed by atoms with E-state index in [1.165, 1.54) is 12.1 Å². The third-order valence-corrected chi connectivity index (χ3v) is 5.35. The van der Waals surface area contributed by atoms with Gasteiger partial charge in [0.1, 0.15) is 12.4 Å². The molecule has 3 rings (SSSR count). The molecule has 0 radical (unpaired) electrons. The molecule has 0 aromatic heterocycles. The zero-order valence-electron chi connectivity index (χ0n) is 18.6. The monoisotopic (exact) mass is 456 g/mol. The maximum atomic E-state index is 13.0. The molecule has 0 aliphatic rings. The number of hydrogen-bond donors (Lipinski definition) is 1. The smallest absolute Gasteiger partial charge is 0.416 e. The summed E-state index contributed by atoms with van der Waals surface area (Å²) in [4.78, 5) is 14.6. The van der Waals surface area contributed by atoms with Gasteiger partial charge in [-0.15, -0.1) is 0 Å². The molecule has 0 aliphatic heterocycles. The molecule has 1 unspecified atom stereocenters. The molecule has 7 heteroatoms. The lowest BCUT2D eigenvalue weighted by molar-refractivity contribution is -0.137. The molecule has 0 heterocycles. The zero-order valence-corrected chi connectivity index (χ0v) is 18.6. The fourth-order valence-electron chi connectivity index (χ4n) is 3.26. The van der Waals surface area contributed by atoms with E-state index in [-0.39, 0.29) is 12.1 Å². The molecule has 4 nitrogen and oxygen atoms in total. The highest BCUT2D eigenvalue weighted by atomic mass is 19.4. The third-order valence-electron chi connectivity index (χ3n) is 5.35. The number of carbonyl (C=O) groups excluding carboxylic acids is 1. The number of benzene rings is 3. The summed E-state index contributed by atoms with van der Waals surface area (Å²) in [5, 5.41) is 2.71. The van der Waals surface area contributed by atoms with Crippen LogP contribution in [0.3, 0.4) is 0 Å². The number of carbonyl (C=O) groups is 1. The molecule has 0 bridgehead atoms. The summed E-state index contributed by atoms with van der Waals surface area (Å²) in [6, 6.07) is 21.3. The van der Waals surface area contributed by atoms with Crippen molar-refractivity contribution in [3.05, 3.63) is 95.6 Å². The van der Waals surface area contributed by atoms with Gasteiger partial charge in [-0.2, -0.15) is 13.2 Å². The van der Waals surface area contributed by atoms with E-state index in [2.05, 4.69) is 5.32 Å². The molecule has 174 valence electrons. The first kappa shape index (κ1) is 24.2. The number of anilines is 1. The average molecular weight is 457 g/mol. The fourth-order valence-corrected chi connectivity index (χ4v) is 3.26. The van der Waals surface area contributed by atoms with Gasteiger partial charge in [-0.05, 0) is 60.9 Å². The summed E-state index contributed by atoms with van der Waals surface area (Å²) < 4.78 is 44.2. The van der Waals surface area contributed by atoms with Crippen LogP contribution < -0.4 is 10.1 Å². The molecular weight excluding hydrogens is 429 g/mol. The van der Waals surface area contributed by atoms with Crippen LogP contribution in [0.25, 0.3) is 0 Å². The molecule has 1 N–H and O–H groups in total. The lowest BCUT2D eigenvalue weighted by atomic mass is 10.1. The Morgan fingerprint density at radius 1 is 0.970 bits per heavy atom. The second-order valence-electron chi connectivity index (χ2n) is 7.81. The number of nitrogens with zero attached hydrogens (tertiary/aromatic N) is 1. The minimum absolute atomic E-state index is 0.0756. The molecule has 0 aliphatic carbocycles. The van der Waals surface area contributed by atoms with Crippen LogP contribution >= 0.6 is 0 Å². The Hall–Kier alpha value is -3.48. The topological polar surface area (TPSA) is 41.6 Å². The molecule has 0 spiro atoms. The van der Waals surface area contributed by atoms with Crippen molar-refractivity contribution in [3.8, 4) is 5.75 Å². The van der Waals surface area contributed by atoms with Gasteiger partial charge in [0.05, 0.1) is 5.56 Å². The number of amides is 2. The predicted octanol–water partition coefficient (Wildman–Crippen LogP) is 7.12. The molecule has 3 aromatic rings. The summed E-state index contributed by atoms with van der Waals surface area (Å²) in [5.41, 5.74) is 1.50. The molecule has 3 aromatic carbocycles. The normalized spacial score (nSPS) is 12.2. The number of alkyl halides is 3. The average Bonchev–Trinajstić information content (AvgIpc) is 2.81. The Labute approximate surface area is 192 Å². The number of nitrogens with one attached hydrogen (secondary N) is 1. The predicted molar refractivity (Wildman–Crippen MR) is 123 cm³/mol. The summed E-state index contributed by atoms with van der Waals surface area (Å²) in [6.45, 7) is 4.68. The van der Waals surface area contributed by atoms with Gasteiger partial charge < -0.3 is 15.0 Å². The van der Waals surface area contributed by atoms with Crippen LogP contribution in [-0.2, 0) is 19.3 Å². The number of ether oxygens (including phenoxy) is 1. The maximum Gasteiger partial charge on any atom is 0.416 e. The molecule has 1 atom stereocenters. The van der Waals surface area contributed by atoms with E-state index in [0.717, 1.165) is 29.7 Å². The summed E-state index contributed by atoms with van der Waals surface area (Å²) >= 11 is 0. The lowest BCUT2D eigenvalue weighted by Crippen LogP contribution is -2.40.